The van der Waals surface area contributed by atoms with Crippen molar-refractivity contribution in [1.82, 2.24) is 15.1 Å². The largest absolute Gasteiger partial charge is 0.507 e. The van der Waals surface area contributed by atoms with Crippen LogP contribution < -0.4 is 5.32 Å². The number of carbonyl (C=O) groups excluding carboxylic acids is 4. The third-order valence-electron chi connectivity index (χ3n) is 26.4. The lowest BCUT2D eigenvalue weighted by atomic mass is 9.87. The van der Waals surface area contributed by atoms with E-state index in [0.29, 0.717) is 73.0 Å². The van der Waals surface area contributed by atoms with Crippen molar-refractivity contribution in [2.75, 3.05) is 45.8 Å². The number of ketones is 3. The number of rotatable bonds is 18. The number of hydrogen-bond acceptors (Lipinski definition) is 8. The Labute approximate surface area is 792 Å². The average Bonchev–Trinajstić information content (AvgIpc) is 0.775. The number of phenolic OH excluding ortho intramolecular Hbond substituents is 1. The van der Waals surface area contributed by atoms with Crippen molar-refractivity contribution in [3.63, 3.8) is 0 Å². The standard InChI is InChI=1S/C35H32F3NO2.C32H28F3NO2.C30H26F3NO.C19H13F3O2/c1-2-3-4-5-18-39-19-16-26(17-20-39)24-6-8-27(9-7-24)33-23-30(34(40)41)22-29-21-28(12-15-32(29)33)25-10-13-31(14-11-25)35(36,37)38;1-20(37)27-18-28-17-26(23-7-10-29(11-8-23)32(33,34)35)9-12-30(28)31(19-27)25-5-3-22(4-6-25)24-13-15-36(16-14-24)21(2)38;1-19(35)25-17-26-16-24(21-6-9-27(10-7-21)30(31,32)33)8-11-28(26)29(18-25)23-4-2-20(3-5-23)22-12-14-34-15-13-22;1-11(23)14-9-15-8-13(4-7-17(15)18(24)10-14)12-2-5-16(6-3-12)19(20,21)22/h1,6-15,21-23,26H,3-5,16-20H2,(H,40,41);3-12,17-19,24H,13-16H2,1-2H3;2-11,16-18,22,34H,12-15H2,1H3;2-10,24H,1H3. The summed E-state index contributed by atoms with van der Waals surface area (Å²) in [6, 6.07) is 81.9. The highest BCUT2D eigenvalue weighted by Crippen LogP contribution is 2.44. The molecule has 15 aromatic rings. The van der Waals surface area contributed by atoms with E-state index in [1.54, 1.807) is 50.2 Å². The topological polar surface area (TPSA) is 144 Å². The average molecular weight is 1880 g/mol. The van der Waals surface area contributed by atoms with E-state index >= 15 is 0 Å². The predicted octanol–water partition coefficient (Wildman–Crippen LogP) is 30.3. The number of unbranched alkanes of at least 4 members (excludes halogenated alkanes) is 2. The SMILES string of the molecule is C#CCCCCN1CCC(c2ccc(-c3cc(C(=O)O)cc4cc(-c5ccc(C(F)(F)F)cc5)ccc34)cc2)CC1.CC(=O)c1cc(-c2ccc(C3CCN(C(C)=O)CC3)cc2)c2ccc(-c3ccc(C(F)(F)F)cc3)cc2c1.CC(=O)c1cc(-c2ccc(C3CCNCC3)cc2)c2ccc(-c3ccc(C(F)(F)F)cc3)cc2c1.CC(=O)c1cc(O)c2ccc(-c3ccc(C(F)(F)F)cc3)cc2c1. The summed E-state index contributed by atoms with van der Waals surface area (Å²) in [5.41, 5.74) is 14.2. The van der Waals surface area contributed by atoms with Crippen LogP contribution in [-0.2, 0) is 29.5 Å². The third kappa shape index (κ3) is 23.7. The molecule has 704 valence electrons. The van der Waals surface area contributed by atoms with Crippen molar-refractivity contribution < 1.29 is 86.9 Å². The zero-order valence-corrected chi connectivity index (χ0v) is 76.2. The first-order valence-electron chi connectivity index (χ1n) is 45.8. The Morgan fingerprint density at radius 2 is 0.609 bits per heavy atom. The van der Waals surface area contributed by atoms with Gasteiger partial charge in [0.05, 0.1) is 27.8 Å². The number of benzene rings is 15. The van der Waals surface area contributed by atoms with Crippen LogP contribution in [0.4, 0.5) is 52.7 Å². The summed E-state index contributed by atoms with van der Waals surface area (Å²) in [5.74, 6) is 3.01. The number of phenols is 1. The highest BCUT2D eigenvalue weighted by atomic mass is 19.4. The van der Waals surface area contributed by atoms with E-state index in [-0.39, 0.29) is 34.6 Å². The zero-order valence-electron chi connectivity index (χ0n) is 76.2. The van der Waals surface area contributed by atoms with E-state index < -0.39 is 52.9 Å². The molecule has 0 radical (unpaired) electrons. The molecular weight excluding hydrogens is 1780 g/mol. The van der Waals surface area contributed by atoms with Gasteiger partial charge in [0.1, 0.15) is 5.75 Å². The lowest BCUT2D eigenvalue weighted by Crippen LogP contribution is -2.36. The fraction of sp³-hybridized carbons (Fsp3) is 0.233. The lowest BCUT2D eigenvalue weighted by Gasteiger charge is -2.32. The quantitative estimate of drug-likeness (QED) is 0.0331. The fourth-order valence-electron chi connectivity index (χ4n) is 18.6. The highest BCUT2D eigenvalue weighted by Gasteiger charge is 2.34. The number of halogens is 12. The van der Waals surface area contributed by atoms with Crippen LogP contribution in [0.3, 0.4) is 0 Å². The number of hydrogen-bond donors (Lipinski definition) is 3. The molecule has 10 nitrogen and oxygen atoms in total. The number of likely N-dealkylation sites (tertiary alicyclic amines) is 2. The van der Waals surface area contributed by atoms with Gasteiger partial charge in [0.2, 0.25) is 5.91 Å². The van der Waals surface area contributed by atoms with E-state index in [9.17, 15) is 86.9 Å². The minimum atomic E-state index is -4.40. The van der Waals surface area contributed by atoms with Gasteiger partial charge < -0.3 is 25.3 Å². The summed E-state index contributed by atoms with van der Waals surface area (Å²) in [4.78, 5) is 64.2. The van der Waals surface area contributed by atoms with Crippen LogP contribution in [0.2, 0.25) is 0 Å². The molecule has 18 rings (SSSR count). The Morgan fingerprint density at radius 1 is 0.333 bits per heavy atom. The zero-order chi connectivity index (χ0) is 98.1. The molecule has 0 aliphatic carbocycles. The molecule has 15 aromatic carbocycles. The molecule has 3 fully saturated rings. The van der Waals surface area contributed by atoms with Gasteiger partial charge >= 0.3 is 30.7 Å². The number of Topliss-reactive ketones (excluding diaryl/α,β-unsaturated/α-hetero) is 3. The Morgan fingerprint density at radius 3 is 0.913 bits per heavy atom. The van der Waals surface area contributed by atoms with Gasteiger partial charge in [-0.2, -0.15) is 52.7 Å². The Balaban J connectivity index is 0.000000142. The summed E-state index contributed by atoms with van der Waals surface area (Å²) < 4.78 is 155. The number of carboxylic acid groups (broad SMARTS) is 1. The van der Waals surface area contributed by atoms with Gasteiger partial charge in [-0.25, -0.2) is 4.79 Å². The van der Waals surface area contributed by atoms with Crippen molar-refractivity contribution in [3.05, 3.63) is 352 Å². The van der Waals surface area contributed by atoms with E-state index in [1.165, 1.54) is 85.1 Å². The second-order valence-electron chi connectivity index (χ2n) is 35.5. The van der Waals surface area contributed by atoms with Gasteiger partial charge in [0.25, 0.3) is 0 Å². The van der Waals surface area contributed by atoms with Gasteiger partial charge in [0.15, 0.2) is 17.3 Å². The third-order valence-corrected chi connectivity index (χ3v) is 26.4. The predicted molar refractivity (Wildman–Crippen MR) is 523 cm³/mol. The van der Waals surface area contributed by atoms with Crippen molar-refractivity contribution in [2.45, 2.75) is 128 Å². The monoisotopic (exact) mass is 1870 g/mol. The molecule has 3 aliphatic rings. The summed E-state index contributed by atoms with van der Waals surface area (Å²) in [7, 11) is 0. The smallest absolute Gasteiger partial charge is 0.416 e. The van der Waals surface area contributed by atoms with Crippen LogP contribution in [0.5, 0.6) is 5.75 Å². The second-order valence-corrected chi connectivity index (χ2v) is 35.5. The molecule has 3 saturated heterocycles. The molecule has 3 N–H and O–H groups in total. The summed E-state index contributed by atoms with van der Waals surface area (Å²) in [6.45, 7) is 13.0. The number of terminal acetylenes is 1. The summed E-state index contributed by atoms with van der Waals surface area (Å²) in [5, 5.41) is 29.8. The molecule has 1 amide bonds. The number of nitrogens with one attached hydrogen (secondary N) is 1. The van der Waals surface area contributed by atoms with Crippen molar-refractivity contribution in [2.24, 2.45) is 0 Å². The van der Waals surface area contributed by atoms with E-state index in [0.717, 1.165) is 235 Å². The van der Waals surface area contributed by atoms with Gasteiger partial charge in [-0.15, -0.1) is 12.3 Å². The van der Waals surface area contributed by atoms with Crippen LogP contribution in [0.1, 0.15) is 184 Å². The highest BCUT2D eigenvalue weighted by molar-refractivity contribution is 6.09. The van der Waals surface area contributed by atoms with E-state index in [2.05, 4.69) is 88.9 Å². The molecule has 0 spiro atoms. The number of carbonyl (C=O) groups is 5. The van der Waals surface area contributed by atoms with Crippen molar-refractivity contribution >= 4 is 72.3 Å². The molecular formula is C116H99F12N3O7. The van der Waals surface area contributed by atoms with E-state index in [4.69, 9.17) is 6.42 Å². The maximum absolute atomic E-state index is 13.0. The molecule has 0 unspecified atom stereocenters. The van der Waals surface area contributed by atoms with Crippen LogP contribution in [0.15, 0.2) is 291 Å². The molecule has 0 saturated carbocycles. The van der Waals surface area contributed by atoms with Crippen LogP contribution in [-0.4, -0.2) is 95.1 Å². The Kier molecular flexibility index (Phi) is 30.0. The first kappa shape index (κ1) is 98.2. The van der Waals surface area contributed by atoms with Crippen molar-refractivity contribution in [1.29, 1.82) is 0 Å². The molecule has 0 atom stereocenters. The maximum Gasteiger partial charge on any atom is 0.416 e. The molecule has 22 heteroatoms. The minimum Gasteiger partial charge on any atom is -0.507 e. The van der Waals surface area contributed by atoms with Gasteiger partial charge in [0, 0.05) is 48.5 Å². The maximum atomic E-state index is 13.0. The number of aromatic carboxylic acids is 1. The number of carboxylic acids is 1. The number of piperidine rings is 3. The first-order valence-corrected chi connectivity index (χ1v) is 45.8. The lowest BCUT2D eigenvalue weighted by molar-refractivity contribution is -0.138. The fourth-order valence-corrected chi connectivity index (χ4v) is 18.6. The molecule has 3 heterocycles. The van der Waals surface area contributed by atoms with Crippen molar-refractivity contribution in [3.8, 4) is 96.0 Å². The van der Waals surface area contributed by atoms with Gasteiger partial charge in [-0.1, -0.05) is 170 Å². The minimum absolute atomic E-state index is 0.00308. The summed E-state index contributed by atoms with van der Waals surface area (Å²) in [6.07, 6.45) is -2.75. The first-order chi connectivity index (χ1) is 65.9. The Bertz CT molecular complexity index is 7030. The number of aromatic hydroxyl groups is 1. The molecule has 3 aliphatic heterocycles. The summed E-state index contributed by atoms with van der Waals surface area (Å²) >= 11 is 0. The van der Waals surface area contributed by atoms with Crippen LogP contribution in [0.25, 0.3) is 121 Å². The number of amides is 1. The normalized spacial score (nSPS) is 14.2. The van der Waals surface area contributed by atoms with E-state index in [1.807, 2.05) is 83.8 Å². The number of fused-ring (bicyclic) bond motifs is 4. The molecule has 0 aromatic heterocycles. The molecule has 0 bridgehead atoms. The molecule has 138 heavy (non-hydrogen) atoms. The number of nitrogens with zero attached hydrogens (tertiary/aromatic N) is 2. The van der Waals surface area contributed by atoms with Gasteiger partial charge in [-0.3, -0.25) is 19.2 Å². The van der Waals surface area contributed by atoms with Crippen LogP contribution in [0, 0.1) is 12.3 Å². The Hall–Kier alpha value is -14.3. The van der Waals surface area contributed by atoms with Gasteiger partial charge in [-0.05, 0) is 376 Å². The van der Waals surface area contributed by atoms with Crippen LogP contribution >= 0.6 is 0 Å². The number of alkyl halides is 12. The second kappa shape index (κ2) is 42.1.